The molecule has 2 heterocycles. The molecule has 0 aliphatic carbocycles. The number of rotatable bonds is 27. The number of aromatic amines is 1. The Kier molecular flexibility index (Phi) is 20.6. The van der Waals surface area contributed by atoms with Gasteiger partial charge in [-0.05, 0) is 69.7 Å². The van der Waals surface area contributed by atoms with E-state index in [1.807, 2.05) is 5.32 Å². The number of primary amides is 1. The molecule has 8 amide bonds. The van der Waals surface area contributed by atoms with Crippen LogP contribution in [0.25, 0.3) is 10.9 Å². The first-order chi connectivity index (χ1) is 30.3. The molecule has 3 rings (SSSR count). The quantitative estimate of drug-likeness (QED) is 0.0401. The number of carboxylic acids is 2. The summed E-state index contributed by atoms with van der Waals surface area (Å²) in [6.45, 7) is 4.92. The van der Waals surface area contributed by atoms with E-state index in [-0.39, 0.29) is 19.4 Å². The van der Waals surface area contributed by atoms with E-state index in [9.17, 15) is 53.1 Å². The van der Waals surface area contributed by atoms with Crippen LogP contribution in [0.5, 0.6) is 0 Å². The number of hydrogen-bond donors (Lipinski definition) is 13. The van der Waals surface area contributed by atoms with Crippen LogP contribution in [0.3, 0.4) is 0 Å². The third-order valence-corrected chi connectivity index (χ3v) is 10.7. The molecule has 8 atom stereocenters. The molecule has 0 saturated carbocycles. The van der Waals surface area contributed by atoms with Crippen molar-refractivity contribution >= 4 is 70.1 Å². The highest BCUT2D eigenvalue weighted by molar-refractivity contribution is 5.98. The Morgan fingerprint density at radius 2 is 1.45 bits per heavy atom. The van der Waals surface area contributed by atoms with Crippen molar-refractivity contribution in [2.45, 2.75) is 121 Å². The number of nitrogens with two attached hydrogens (primary N) is 2. The van der Waals surface area contributed by atoms with E-state index in [2.05, 4.69) is 42.2 Å². The molecule has 0 radical (unpaired) electrons. The Morgan fingerprint density at radius 3 is 2.08 bits per heavy atom. The topological polar surface area (TPSA) is 375 Å². The Hall–Kier alpha value is -6.62. The Labute approximate surface area is 369 Å². The zero-order valence-corrected chi connectivity index (χ0v) is 36.1. The van der Waals surface area contributed by atoms with Gasteiger partial charge in [-0.25, -0.2) is 4.79 Å². The molecular formula is C41H61N11O12. The zero-order valence-electron chi connectivity index (χ0n) is 36.1. The SMILES string of the molecule is CC[C@H](C)[C@H](NC(=O)[C@H](CC(N)=O)NC(=O)[C@H](C)NC(=O)[C@@H]1CCCN1)C(=O)N[C@@H](CCCCN)C(=O)N[C@@H](Cc1c[nH]c2ccccc12)C(=O)NCC(=O)N[C@@H](CC(=O)O)C(=O)O. The smallest absolute Gasteiger partial charge is 0.326 e. The second-order valence-corrected chi connectivity index (χ2v) is 15.7. The summed E-state index contributed by atoms with van der Waals surface area (Å²) in [6.07, 6.45) is 2.47. The van der Waals surface area contributed by atoms with Crippen LogP contribution in [-0.2, 0) is 54.4 Å². The molecule has 1 fully saturated rings. The van der Waals surface area contributed by atoms with Crippen LogP contribution in [0.4, 0.5) is 0 Å². The lowest BCUT2D eigenvalue weighted by atomic mass is 9.96. The van der Waals surface area contributed by atoms with Gasteiger partial charge >= 0.3 is 11.9 Å². The number of carbonyl (C=O) groups excluding carboxylic acids is 8. The first-order valence-electron chi connectivity index (χ1n) is 21.1. The molecule has 1 aliphatic rings. The van der Waals surface area contributed by atoms with Gasteiger partial charge in [0.1, 0.15) is 36.3 Å². The Morgan fingerprint density at radius 1 is 0.781 bits per heavy atom. The van der Waals surface area contributed by atoms with Crippen molar-refractivity contribution in [3.63, 3.8) is 0 Å². The summed E-state index contributed by atoms with van der Waals surface area (Å²) >= 11 is 0. The van der Waals surface area contributed by atoms with Crippen LogP contribution in [0.2, 0.25) is 0 Å². The lowest BCUT2D eigenvalue weighted by molar-refractivity contribution is -0.147. The van der Waals surface area contributed by atoms with Crippen LogP contribution < -0.4 is 54.0 Å². The average molecular weight is 900 g/mol. The van der Waals surface area contributed by atoms with Crippen LogP contribution in [0, 0.1) is 5.92 Å². The summed E-state index contributed by atoms with van der Waals surface area (Å²) in [7, 11) is 0. The highest BCUT2D eigenvalue weighted by Gasteiger charge is 2.35. The van der Waals surface area contributed by atoms with Gasteiger partial charge in [0.2, 0.25) is 47.3 Å². The van der Waals surface area contributed by atoms with Crippen molar-refractivity contribution in [1.29, 1.82) is 0 Å². The fourth-order valence-electron chi connectivity index (χ4n) is 6.89. The number of carbonyl (C=O) groups is 10. The van der Waals surface area contributed by atoms with Gasteiger partial charge in [-0.1, -0.05) is 38.5 Å². The minimum Gasteiger partial charge on any atom is -0.481 e. The number of para-hydroxylation sites is 1. The van der Waals surface area contributed by atoms with Gasteiger partial charge in [0.05, 0.1) is 25.4 Å². The Balaban J connectivity index is 1.83. The third kappa shape index (κ3) is 16.3. The lowest BCUT2D eigenvalue weighted by Crippen LogP contribution is -2.61. The molecule has 64 heavy (non-hydrogen) atoms. The predicted octanol–water partition coefficient (Wildman–Crippen LogP) is -2.88. The maximum Gasteiger partial charge on any atom is 0.326 e. The second kappa shape index (κ2) is 25.5. The molecule has 23 heteroatoms. The molecule has 0 spiro atoms. The third-order valence-electron chi connectivity index (χ3n) is 10.7. The minimum atomic E-state index is -1.78. The van der Waals surface area contributed by atoms with Crippen LogP contribution >= 0.6 is 0 Å². The van der Waals surface area contributed by atoms with Crippen molar-refractivity contribution in [1.82, 2.24) is 47.5 Å². The van der Waals surface area contributed by atoms with E-state index in [1.165, 1.54) is 6.92 Å². The monoisotopic (exact) mass is 899 g/mol. The van der Waals surface area contributed by atoms with Gasteiger partial charge in [-0.2, -0.15) is 0 Å². The number of amides is 8. The van der Waals surface area contributed by atoms with E-state index in [4.69, 9.17) is 16.6 Å². The first-order valence-corrected chi connectivity index (χ1v) is 21.1. The van der Waals surface area contributed by atoms with Gasteiger partial charge in [0.15, 0.2) is 0 Å². The second-order valence-electron chi connectivity index (χ2n) is 15.7. The summed E-state index contributed by atoms with van der Waals surface area (Å²) in [5, 5.41) is 39.4. The summed E-state index contributed by atoms with van der Waals surface area (Å²) in [5.74, 6) is -10.3. The van der Waals surface area contributed by atoms with E-state index in [0.717, 1.165) is 17.3 Å². The molecule has 0 bridgehead atoms. The average Bonchev–Trinajstić information content (AvgIpc) is 3.94. The highest BCUT2D eigenvalue weighted by atomic mass is 16.4. The predicted molar refractivity (Wildman–Crippen MR) is 229 cm³/mol. The van der Waals surface area contributed by atoms with Gasteiger partial charge < -0.3 is 69.2 Å². The number of fused-ring (bicyclic) bond motifs is 1. The van der Waals surface area contributed by atoms with Crippen molar-refractivity contribution in [2.75, 3.05) is 19.6 Å². The summed E-state index contributed by atoms with van der Waals surface area (Å²) in [4.78, 5) is 132. The summed E-state index contributed by atoms with van der Waals surface area (Å²) < 4.78 is 0. The number of nitrogens with one attached hydrogen (secondary N) is 9. The van der Waals surface area contributed by atoms with Gasteiger partial charge in [-0.3, -0.25) is 43.2 Å². The van der Waals surface area contributed by atoms with Crippen LogP contribution in [-0.4, -0.2) is 136 Å². The number of benzene rings is 1. The minimum absolute atomic E-state index is 0.0280. The molecule has 0 unspecified atom stereocenters. The first kappa shape index (κ1) is 51.7. The van der Waals surface area contributed by atoms with Crippen molar-refractivity contribution in [3.8, 4) is 0 Å². The fourth-order valence-corrected chi connectivity index (χ4v) is 6.89. The lowest BCUT2D eigenvalue weighted by Gasteiger charge is -2.29. The normalized spacial score (nSPS) is 16.7. The Bertz CT molecular complexity index is 2000. The largest absolute Gasteiger partial charge is 0.481 e. The van der Waals surface area contributed by atoms with Crippen molar-refractivity contribution < 1.29 is 58.2 Å². The number of H-pyrrole nitrogens is 1. The van der Waals surface area contributed by atoms with E-state index >= 15 is 0 Å². The molecule has 1 aromatic heterocycles. The summed E-state index contributed by atoms with van der Waals surface area (Å²) in [6, 6.07) is -1.79. The van der Waals surface area contributed by atoms with Crippen molar-refractivity contribution in [3.05, 3.63) is 36.0 Å². The molecular weight excluding hydrogens is 839 g/mol. The van der Waals surface area contributed by atoms with Gasteiger partial charge in [-0.15, -0.1) is 0 Å². The molecule has 15 N–H and O–H groups in total. The maximum absolute atomic E-state index is 14.1. The number of aliphatic carboxylic acids is 2. The van der Waals surface area contributed by atoms with E-state index in [1.54, 1.807) is 44.3 Å². The molecule has 1 aromatic carbocycles. The van der Waals surface area contributed by atoms with Gasteiger partial charge in [0.25, 0.3) is 0 Å². The van der Waals surface area contributed by atoms with Crippen LogP contribution in [0.1, 0.15) is 77.7 Å². The standard InChI is InChI=1S/C41H61N11O12/c1-4-21(2)34(52-39(61)29(17-31(43)53)50-35(57)22(3)47-37(59)26-13-9-15-44-26)40(62)49-27(12-7-8-14-42)38(60)51-28(16-23-19-45-25-11-6-5-10-24(23)25)36(58)46-20-32(54)48-30(41(63)64)18-33(55)56/h5-6,10-11,19,21-22,26-30,34,44-45H,4,7-9,12-18,20,42H2,1-3H3,(H2,43,53)(H,46,58)(H,47,59)(H,48,54)(H,49,62)(H,50,57)(H,51,60)(H,52,61)(H,55,56)(H,63,64)/t21-,22-,26-,27-,28-,29-,30-,34-/m0/s1. The van der Waals surface area contributed by atoms with E-state index < -0.39 is 127 Å². The van der Waals surface area contributed by atoms with Crippen LogP contribution in [0.15, 0.2) is 30.5 Å². The number of unbranched alkanes of at least 4 members (excludes halogenated alkanes) is 1. The maximum atomic E-state index is 14.1. The molecule has 2 aromatic rings. The molecule has 352 valence electrons. The van der Waals surface area contributed by atoms with Gasteiger partial charge in [0, 0.05) is 23.5 Å². The van der Waals surface area contributed by atoms with Crippen molar-refractivity contribution in [2.24, 2.45) is 17.4 Å². The fraction of sp³-hybridized carbons (Fsp3) is 0.561. The molecule has 1 aliphatic heterocycles. The zero-order chi connectivity index (χ0) is 47.5. The molecule has 1 saturated heterocycles. The number of hydrogen-bond acceptors (Lipinski definition) is 12. The van der Waals surface area contributed by atoms with E-state index in [0.29, 0.717) is 37.8 Å². The summed E-state index contributed by atoms with van der Waals surface area (Å²) in [5.41, 5.74) is 12.5. The number of aromatic nitrogens is 1. The molecule has 23 nitrogen and oxygen atoms in total. The highest BCUT2D eigenvalue weighted by Crippen LogP contribution is 2.20. The number of carboxylic acid groups (broad SMARTS) is 2.